The Bertz CT molecular complexity index is 755. The number of rotatable bonds is 5. The fraction of sp³-hybridized carbons (Fsp3) is 0.267. The molecule has 2 rings (SSSR count). The number of methoxy groups -OCH3 is 1. The predicted octanol–water partition coefficient (Wildman–Crippen LogP) is 3.03. The third-order valence-corrected chi connectivity index (χ3v) is 5.68. The molecule has 0 bridgehead atoms. The number of carbonyl (C=O) groups is 1. The monoisotopic (exact) mass is 324 g/mol. The van der Waals surface area contributed by atoms with Crippen molar-refractivity contribution in [1.82, 2.24) is 0 Å². The van der Waals surface area contributed by atoms with Gasteiger partial charge < -0.3 is 4.74 Å². The van der Waals surface area contributed by atoms with Crippen LogP contribution in [0.25, 0.3) is 0 Å². The molecule has 0 radical (unpaired) electrons. The van der Waals surface area contributed by atoms with Gasteiger partial charge in [0.05, 0.1) is 12.0 Å². The molecule has 0 spiro atoms. The number of aryl methyl sites for hydroxylation is 2. The Hall–Kier alpha value is -1.66. The van der Waals surface area contributed by atoms with Crippen molar-refractivity contribution in [1.29, 1.82) is 0 Å². The molecule has 2 aromatic rings. The number of hydrogen-bond acceptors (Lipinski definition) is 5. The highest BCUT2D eigenvalue weighted by atomic mass is 32.2. The van der Waals surface area contributed by atoms with Crippen molar-refractivity contribution in [2.75, 3.05) is 12.9 Å². The molecule has 21 heavy (non-hydrogen) atoms. The number of benzene rings is 1. The molecule has 0 aliphatic heterocycles. The predicted molar refractivity (Wildman–Crippen MR) is 83.2 cm³/mol. The maximum Gasteiger partial charge on any atom is 0.185 e. The molecule has 4 nitrogen and oxygen atoms in total. The molecular weight excluding hydrogens is 308 g/mol. The van der Waals surface area contributed by atoms with E-state index in [0.717, 1.165) is 9.75 Å². The van der Waals surface area contributed by atoms with Crippen molar-refractivity contribution >= 4 is 27.0 Å². The summed E-state index contributed by atoms with van der Waals surface area (Å²) in [6.45, 7) is 3.72. The zero-order valence-electron chi connectivity index (χ0n) is 12.0. The molecule has 0 saturated carbocycles. The molecular formula is C15H16O4S2. The Morgan fingerprint density at radius 1 is 1.19 bits per heavy atom. The maximum atomic E-state index is 12.3. The SMILES string of the molecule is COc1ccc(S(=O)(=O)CC(=O)c2cc(C)sc2C)cc1. The van der Waals surface area contributed by atoms with E-state index in [1.807, 2.05) is 13.8 Å². The van der Waals surface area contributed by atoms with E-state index in [9.17, 15) is 13.2 Å². The largest absolute Gasteiger partial charge is 0.497 e. The van der Waals surface area contributed by atoms with E-state index in [2.05, 4.69) is 0 Å². The standard InChI is InChI=1S/C15H16O4S2/c1-10-8-14(11(2)20-10)15(16)9-21(17,18)13-6-4-12(19-3)5-7-13/h4-8H,9H2,1-3H3. The highest BCUT2D eigenvalue weighted by molar-refractivity contribution is 7.92. The summed E-state index contributed by atoms with van der Waals surface area (Å²) >= 11 is 1.49. The van der Waals surface area contributed by atoms with E-state index in [0.29, 0.717) is 11.3 Å². The quantitative estimate of drug-likeness (QED) is 0.793. The normalized spacial score (nSPS) is 11.4. The molecule has 0 aliphatic carbocycles. The van der Waals surface area contributed by atoms with Gasteiger partial charge >= 0.3 is 0 Å². The van der Waals surface area contributed by atoms with Gasteiger partial charge in [-0.25, -0.2) is 8.42 Å². The van der Waals surface area contributed by atoms with Crippen LogP contribution in [-0.2, 0) is 9.84 Å². The highest BCUT2D eigenvalue weighted by Gasteiger charge is 2.22. The van der Waals surface area contributed by atoms with Crippen LogP contribution in [0.4, 0.5) is 0 Å². The number of hydrogen-bond donors (Lipinski definition) is 0. The minimum atomic E-state index is -3.64. The van der Waals surface area contributed by atoms with Crippen LogP contribution >= 0.6 is 11.3 Å². The molecule has 112 valence electrons. The Labute approximate surface area is 128 Å². The van der Waals surface area contributed by atoms with E-state index < -0.39 is 15.6 Å². The van der Waals surface area contributed by atoms with Gasteiger partial charge in [-0.05, 0) is 44.2 Å². The van der Waals surface area contributed by atoms with E-state index in [4.69, 9.17) is 4.74 Å². The van der Waals surface area contributed by atoms with Crippen LogP contribution < -0.4 is 4.74 Å². The van der Waals surface area contributed by atoms with Gasteiger partial charge in [0.2, 0.25) is 0 Å². The van der Waals surface area contributed by atoms with Gasteiger partial charge in [0.1, 0.15) is 11.5 Å². The molecule has 0 atom stereocenters. The van der Waals surface area contributed by atoms with E-state index in [1.165, 1.54) is 30.6 Å². The van der Waals surface area contributed by atoms with Gasteiger partial charge in [0.25, 0.3) is 0 Å². The summed E-state index contributed by atoms with van der Waals surface area (Å²) < 4.78 is 29.5. The van der Waals surface area contributed by atoms with Gasteiger partial charge in [-0.1, -0.05) is 0 Å². The Morgan fingerprint density at radius 3 is 2.29 bits per heavy atom. The summed E-state index contributed by atoms with van der Waals surface area (Å²) in [5.41, 5.74) is 0.495. The van der Waals surface area contributed by atoms with E-state index >= 15 is 0 Å². The summed E-state index contributed by atoms with van der Waals surface area (Å²) in [5, 5.41) is 0. The van der Waals surface area contributed by atoms with Gasteiger partial charge in [-0.3, -0.25) is 4.79 Å². The summed E-state index contributed by atoms with van der Waals surface area (Å²) in [5.74, 6) is -0.312. The average Bonchev–Trinajstić information content (AvgIpc) is 2.77. The summed E-state index contributed by atoms with van der Waals surface area (Å²) in [7, 11) is -2.13. The third kappa shape index (κ3) is 3.51. The van der Waals surface area contributed by atoms with Crippen molar-refractivity contribution < 1.29 is 17.9 Å². The summed E-state index contributed by atoms with van der Waals surface area (Å²) in [6, 6.07) is 7.78. The highest BCUT2D eigenvalue weighted by Crippen LogP contribution is 2.23. The molecule has 0 unspecified atom stereocenters. The Morgan fingerprint density at radius 2 is 1.81 bits per heavy atom. The molecule has 1 aromatic heterocycles. The molecule has 0 aliphatic rings. The first-order valence-corrected chi connectivity index (χ1v) is 8.77. The number of ether oxygens (including phenoxy) is 1. The molecule has 0 saturated heterocycles. The van der Waals surface area contributed by atoms with Crippen LogP contribution in [0.1, 0.15) is 20.1 Å². The fourth-order valence-corrected chi connectivity index (χ4v) is 4.18. The maximum absolute atomic E-state index is 12.3. The lowest BCUT2D eigenvalue weighted by atomic mass is 10.2. The fourth-order valence-electron chi connectivity index (χ4n) is 2.02. The van der Waals surface area contributed by atoms with Crippen molar-refractivity contribution in [3.63, 3.8) is 0 Å². The Balaban J connectivity index is 2.24. The first-order chi connectivity index (χ1) is 9.83. The zero-order valence-corrected chi connectivity index (χ0v) is 13.7. The Kier molecular flexibility index (Phi) is 4.49. The summed E-state index contributed by atoms with van der Waals surface area (Å²) in [4.78, 5) is 14.2. The van der Waals surface area contributed by atoms with Gasteiger partial charge in [0, 0.05) is 15.3 Å². The molecule has 1 aromatic carbocycles. The molecule has 6 heteroatoms. The van der Waals surface area contributed by atoms with Crippen LogP contribution in [0, 0.1) is 13.8 Å². The van der Waals surface area contributed by atoms with E-state index in [-0.39, 0.29) is 10.7 Å². The smallest absolute Gasteiger partial charge is 0.185 e. The lowest BCUT2D eigenvalue weighted by Crippen LogP contribution is -2.16. The van der Waals surface area contributed by atoms with Crippen molar-refractivity contribution in [3.8, 4) is 5.75 Å². The molecule has 0 fully saturated rings. The average molecular weight is 324 g/mol. The van der Waals surface area contributed by atoms with Gasteiger partial charge in [-0.2, -0.15) is 0 Å². The van der Waals surface area contributed by atoms with Crippen molar-refractivity contribution in [2.45, 2.75) is 18.7 Å². The van der Waals surface area contributed by atoms with Gasteiger partial charge in [0.15, 0.2) is 15.6 Å². The van der Waals surface area contributed by atoms with Crippen LogP contribution in [0.3, 0.4) is 0 Å². The minimum absolute atomic E-state index is 0.126. The number of Topliss-reactive ketones (excluding diaryl/α,β-unsaturated/α-hetero) is 1. The van der Waals surface area contributed by atoms with Crippen LogP contribution in [0.15, 0.2) is 35.2 Å². The number of carbonyl (C=O) groups excluding carboxylic acids is 1. The zero-order chi connectivity index (χ0) is 15.6. The first kappa shape index (κ1) is 15.7. The number of ketones is 1. The van der Waals surface area contributed by atoms with Crippen LogP contribution in [-0.4, -0.2) is 27.1 Å². The lowest BCUT2D eigenvalue weighted by Gasteiger charge is -2.05. The van der Waals surface area contributed by atoms with Crippen LogP contribution in [0.2, 0.25) is 0 Å². The first-order valence-electron chi connectivity index (χ1n) is 6.30. The second-order valence-corrected chi connectivity index (χ2v) is 8.13. The number of sulfone groups is 1. The van der Waals surface area contributed by atoms with Crippen molar-refractivity contribution in [2.24, 2.45) is 0 Å². The second kappa shape index (κ2) is 5.99. The molecule has 1 heterocycles. The lowest BCUT2D eigenvalue weighted by molar-refractivity contribution is 0.102. The topological polar surface area (TPSA) is 60.4 Å². The third-order valence-electron chi connectivity index (χ3n) is 3.08. The van der Waals surface area contributed by atoms with E-state index in [1.54, 1.807) is 18.2 Å². The molecule has 0 amide bonds. The minimum Gasteiger partial charge on any atom is -0.497 e. The van der Waals surface area contributed by atoms with Crippen molar-refractivity contribution in [3.05, 3.63) is 45.6 Å². The molecule has 0 N–H and O–H groups in total. The van der Waals surface area contributed by atoms with Crippen LogP contribution in [0.5, 0.6) is 5.75 Å². The number of thiophene rings is 1. The second-order valence-electron chi connectivity index (χ2n) is 4.68. The van der Waals surface area contributed by atoms with Gasteiger partial charge in [-0.15, -0.1) is 11.3 Å². The summed E-state index contributed by atoms with van der Waals surface area (Å²) in [6.07, 6.45) is 0.